The van der Waals surface area contributed by atoms with Gasteiger partial charge in [-0.1, -0.05) is 44.2 Å². The fraction of sp³-hybridized carbons (Fsp3) is 0.650. The van der Waals surface area contributed by atoms with Crippen molar-refractivity contribution in [3.8, 4) is 0 Å². The molecule has 0 atom stereocenters. The molecule has 0 unspecified atom stereocenters. The monoisotopic (exact) mass is 477 g/mol. The molecule has 0 radical (unpaired) electrons. The molecule has 0 bridgehead atoms. The fourth-order valence-corrected chi connectivity index (χ4v) is 2.38. The molecule has 6 heteroatoms. The normalized spacial score (nSPS) is 11.8. The van der Waals surface area contributed by atoms with Gasteiger partial charge in [-0.3, -0.25) is 4.99 Å². The molecular weight excluding hydrogens is 441 g/mol. The van der Waals surface area contributed by atoms with E-state index in [-0.39, 0.29) is 29.4 Å². The lowest BCUT2D eigenvalue weighted by molar-refractivity contribution is 0.0689. The first-order chi connectivity index (χ1) is 12.1. The Bertz CT molecular complexity index is 481. The summed E-state index contributed by atoms with van der Waals surface area (Å²) < 4.78 is 10.4. The van der Waals surface area contributed by atoms with E-state index in [0.717, 1.165) is 45.0 Å². The van der Waals surface area contributed by atoms with E-state index in [1.165, 1.54) is 5.56 Å². The summed E-state index contributed by atoms with van der Waals surface area (Å²) in [5, 5.41) is 6.72. The minimum absolute atomic E-state index is 0. The first kappa shape index (κ1) is 25.1. The number of hydrogen-bond acceptors (Lipinski definition) is 3. The van der Waals surface area contributed by atoms with Crippen molar-refractivity contribution >= 4 is 29.9 Å². The minimum Gasteiger partial charge on any atom is -0.382 e. The standard InChI is InChI=1S/C20H35N3O2.HI/c1-5-21-19(22-13-9-10-14-25-16-15-24-4)23-17-20(2,3)18-11-7-6-8-12-18;/h6-8,11-12H,5,9-10,13-17H2,1-4H3,(H2,21,22,23);1H. The lowest BCUT2D eigenvalue weighted by Crippen LogP contribution is -2.39. The van der Waals surface area contributed by atoms with Crippen LogP contribution in [0.2, 0.25) is 0 Å². The predicted octanol–water partition coefficient (Wildman–Crippen LogP) is 3.58. The van der Waals surface area contributed by atoms with Crippen molar-refractivity contribution < 1.29 is 9.47 Å². The zero-order chi connectivity index (χ0) is 18.4. The minimum atomic E-state index is 0. The lowest BCUT2D eigenvalue weighted by atomic mass is 9.85. The van der Waals surface area contributed by atoms with Crippen LogP contribution in [0.4, 0.5) is 0 Å². The van der Waals surface area contributed by atoms with Crippen LogP contribution in [0.1, 0.15) is 39.2 Å². The molecule has 1 aromatic carbocycles. The smallest absolute Gasteiger partial charge is 0.191 e. The molecule has 2 N–H and O–H groups in total. The van der Waals surface area contributed by atoms with Gasteiger partial charge < -0.3 is 20.1 Å². The highest BCUT2D eigenvalue weighted by Crippen LogP contribution is 2.22. The number of methoxy groups -OCH3 is 1. The number of ether oxygens (including phenoxy) is 2. The highest BCUT2D eigenvalue weighted by atomic mass is 127. The Balaban J connectivity index is 0.00000625. The first-order valence-electron chi connectivity index (χ1n) is 9.24. The molecule has 0 amide bonds. The fourth-order valence-electron chi connectivity index (χ4n) is 2.38. The summed E-state index contributed by atoms with van der Waals surface area (Å²) in [6.45, 7) is 11.1. The van der Waals surface area contributed by atoms with E-state index in [9.17, 15) is 0 Å². The predicted molar refractivity (Wildman–Crippen MR) is 121 cm³/mol. The maximum Gasteiger partial charge on any atom is 0.191 e. The second-order valence-electron chi connectivity index (χ2n) is 6.68. The van der Waals surface area contributed by atoms with Gasteiger partial charge in [0.2, 0.25) is 0 Å². The SMILES string of the molecule is CCNC(=NCC(C)(C)c1ccccc1)NCCCCOCCOC.I. The summed E-state index contributed by atoms with van der Waals surface area (Å²) in [6.07, 6.45) is 2.09. The summed E-state index contributed by atoms with van der Waals surface area (Å²) in [5.41, 5.74) is 1.32. The molecule has 0 fully saturated rings. The number of guanidine groups is 1. The zero-order valence-corrected chi connectivity index (χ0v) is 19.0. The molecule has 0 aliphatic rings. The van der Waals surface area contributed by atoms with Crippen molar-refractivity contribution in [1.29, 1.82) is 0 Å². The van der Waals surface area contributed by atoms with Gasteiger partial charge in [0.15, 0.2) is 5.96 Å². The second-order valence-corrected chi connectivity index (χ2v) is 6.68. The van der Waals surface area contributed by atoms with Crippen molar-refractivity contribution in [1.82, 2.24) is 10.6 Å². The van der Waals surface area contributed by atoms with Crippen LogP contribution in [0.5, 0.6) is 0 Å². The third-order valence-electron chi connectivity index (χ3n) is 3.97. The average molecular weight is 477 g/mol. The molecule has 0 aromatic heterocycles. The number of hydrogen-bond donors (Lipinski definition) is 2. The third kappa shape index (κ3) is 11.0. The van der Waals surface area contributed by atoms with E-state index in [1.807, 2.05) is 6.07 Å². The third-order valence-corrected chi connectivity index (χ3v) is 3.97. The zero-order valence-electron chi connectivity index (χ0n) is 16.7. The number of nitrogens with one attached hydrogen (secondary N) is 2. The summed E-state index contributed by atoms with van der Waals surface area (Å²) in [7, 11) is 1.69. The van der Waals surface area contributed by atoms with Crippen LogP contribution < -0.4 is 10.6 Å². The lowest BCUT2D eigenvalue weighted by Gasteiger charge is -2.24. The molecule has 5 nitrogen and oxygen atoms in total. The van der Waals surface area contributed by atoms with E-state index in [4.69, 9.17) is 14.5 Å². The van der Waals surface area contributed by atoms with Crippen molar-refractivity contribution in [2.24, 2.45) is 4.99 Å². The molecular formula is C20H36IN3O2. The molecule has 1 aromatic rings. The van der Waals surface area contributed by atoms with E-state index in [1.54, 1.807) is 7.11 Å². The molecule has 26 heavy (non-hydrogen) atoms. The number of rotatable bonds is 12. The topological polar surface area (TPSA) is 54.9 Å². The molecule has 0 saturated heterocycles. The highest BCUT2D eigenvalue weighted by molar-refractivity contribution is 14.0. The maximum absolute atomic E-state index is 5.47. The Morgan fingerprint density at radius 2 is 1.77 bits per heavy atom. The van der Waals surface area contributed by atoms with Crippen molar-refractivity contribution in [2.75, 3.05) is 46.6 Å². The van der Waals surface area contributed by atoms with Crippen LogP contribution in [0.15, 0.2) is 35.3 Å². The van der Waals surface area contributed by atoms with Gasteiger partial charge in [-0.05, 0) is 25.3 Å². The Hall–Kier alpha value is -0.860. The quantitative estimate of drug-likeness (QED) is 0.209. The summed E-state index contributed by atoms with van der Waals surface area (Å²) in [5.74, 6) is 0.881. The number of halogens is 1. The van der Waals surface area contributed by atoms with Gasteiger partial charge in [-0.25, -0.2) is 0 Å². The first-order valence-corrected chi connectivity index (χ1v) is 9.24. The van der Waals surface area contributed by atoms with Gasteiger partial charge in [0.1, 0.15) is 0 Å². The van der Waals surface area contributed by atoms with Crippen LogP contribution >= 0.6 is 24.0 Å². The van der Waals surface area contributed by atoms with Gasteiger partial charge in [-0.15, -0.1) is 24.0 Å². The van der Waals surface area contributed by atoms with E-state index in [0.29, 0.717) is 13.2 Å². The van der Waals surface area contributed by atoms with Gasteiger partial charge in [0, 0.05) is 32.2 Å². The Morgan fingerprint density at radius 3 is 2.42 bits per heavy atom. The van der Waals surface area contributed by atoms with Crippen LogP contribution in [-0.2, 0) is 14.9 Å². The molecule has 0 heterocycles. The Morgan fingerprint density at radius 1 is 1.04 bits per heavy atom. The van der Waals surface area contributed by atoms with Crippen LogP contribution in [-0.4, -0.2) is 52.5 Å². The number of aliphatic imine (C=N–C) groups is 1. The van der Waals surface area contributed by atoms with E-state index < -0.39 is 0 Å². The van der Waals surface area contributed by atoms with Crippen molar-refractivity contribution in [3.63, 3.8) is 0 Å². The Kier molecular flexibility index (Phi) is 14.7. The van der Waals surface area contributed by atoms with Crippen LogP contribution in [0.3, 0.4) is 0 Å². The van der Waals surface area contributed by atoms with Crippen LogP contribution in [0, 0.1) is 0 Å². The molecule has 1 rings (SSSR count). The molecule has 0 aliphatic carbocycles. The van der Waals surface area contributed by atoms with E-state index in [2.05, 4.69) is 55.7 Å². The largest absolute Gasteiger partial charge is 0.382 e. The highest BCUT2D eigenvalue weighted by Gasteiger charge is 2.19. The second kappa shape index (κ2) is 15.2. The number of benzene rings is 1. The molecule has 150 valence electrons. The maximum atomic E-state index is 5.47. The van der Waals surface area contributed by atoms with Crippen molar-refractivity contribution in [3.05, 3.63) is 35.9 Å². The van der Waals surface area contributed by atoms with Crippen LogP contribution in [0.25, 0.3) is 0 Å². The van der Waals surface area contributed by atoms with Crippen molar-refractivity contribution in [2.45, 2.75) is 39.0 Å². The van der Waals surface area contributed by atoms with Gasteiger partial charge in [0.25, 0.3) is 0 Å². The summed E-state index contributed by atoms with van der Waals surface area (Å²) >= 11 is 0. The summed E-state index contributed by atoms with van der Waals surface area (Å²) in [6, 6.07) is 10.5. The average Bonchev–Trinajstić information content (AvgIpc) is 2.62. The van der Waals surface area contributed by atoms with Gasteiger partial charge in [-0.2, -0.15) is 0 Å². The molecule has 0 saturated carbocycles. The van der Waals surface area contributed by atoms with E-state index >= 15 is 0 Å². The Labute approximate surface area is 176 Å². The molecule has 0 aliphatic heterocycles. The molecule has 0 spiro atoms. The number of unbranched alkanes of at least 4 members (excludes halogenated alkanes) is 1. The van der Waals surface area contributed by atoms with Gasteiger partial charge >= 0.3 is 0 Å². The summed E-state index contributed by atoms with van der Waals surface area (Å²) in [4.78, 5) is 4.77. The number of nitrogens with zero attached hydrogens (tertiary/aromatic N) is 1. The van der Waals surface area contributed by atoms with Gasteiger partial charge in [0.05, 0.1) is 19.8 Å².